The monoisotopic (exact) mass is 308 g/mol. The molecular weight excluding hydrogens is 280 g/mol. The number of nitrogens with zero attached hydrogens (tertiary/aromatic N) is 2. The molecule has 5 nitrogen and oxygen atoms in total. The third-order valence-corrected chi connectivity index (χ3v) is 4.44. The number of hydrogen-bond acceptors (Lipinski definition) is 4. The Morgan fingerprint density at radius 3 is 2.50 bits per heavy atom. The molecule has 0 bridgehead atoms. The van der Waals surface area contributed by atoms with Crippen LogP contribution in [-0.4, -0.2) is 32.8 Å². The van der Waals surface area contributed by atoms with E-state index >= 15 is 0 Å². The standard InChI is InChI=1S/C17H28N2O3/c1-12(2)9-19-14(11-20)8-16(21)17(22)15(19)10-18-6-4-13(3)5-7-18/h8,12-13,20,22H,4-7,9-11H2,1-3H3. The second-order valence-electron chi connectivity index (χ2n) is 6.92. The highest BCUT2D eigenvalue weighted by atomic mass is 16.3. The van der Waals surface area contributed by atoms with Gasteiger partial charge >= 0.3 is 0 Å². The fraction of sp³-hybridized carbons (Fsp3) is 0.706. The first-order valence-electron chi connectivity index (χ1n) is 8.20. The largest absolute Gasteiger partial charge is 0.503 e. The van der Waals surface area contributed by atoms with Gasteiger partial charge in [0.1, 0.15) is 0 Å². The van der Waals surface area contributed by atoms with Gasteiger partial charge in [-0.2, -0.15) is 0 Å². The highest BCUT2D eigenvalue weighted by Gasteiger charge is 2.21. The Kier molecular flexibility index (Phi) is 5.64. The average molecular weight is 308 g/mol. The molecule has 124 valence electrons. The third-order valence-electron chi connectivity index (χ3n) is 4.44. The first-order valence-corrected chi connectivity index (χ1v) is 8.20. The van der Waals surface area contributed by atoms with Crippen molar-refractivity contribution in [1.29, 1.82) is 0 Å². The maximum atomic E-state index is 12.0. The third kappa shape index (κ3) is 3.90. The van der Waals surface area contributed by atoms with Gasteiger partial charge in [-0.05, 0) is 37.8 Å². The molecule has 22 heavy (non-hydrogen) atoms. The summed E-state index contributed by atoms with van der Waals surface area (Å²) in [5, 5.41) is 19.8. The molecule has 0 saturated carbocycles. The summed E-state index contributed by atoms with van der Waals surface area (Å²) in [5.74, 6) is 0.940. The van der Waals surface area contributed by atoms with E-state index in [-0.39, 0.29) is 12.4 Å². The lowest BCUT2D eigenvalue weighted by Gasteiger charge is -2.31. The van der Waals surface area contributed by atoms with Crippen molar-refractivity contribution in [3.8, 4) is 5.75 Å². The van der Waals surface area contributed by atoms with E-state index in [0.29, 0.717) is 30.4 Å². The number of rotatable bonds is 5. The van der Waals surface area contributed by atoms with Crippen LogP contribution in [0.3, 0.4) is 0 Å². The van der Waals surface area contributed by atoms with Gasteiger partial charge in [-0.15, -0.1) is 0 Å². The summed E-state index contributed by atoms with van der Waals surface area (Å²) in [7, 11) is 0. The van der Waals surface area contributed by atoms with Gasteiger partial charge < -0.3 is 14.8 Å². The van der Waals surface area contributed by atoms with E-state index in [1.807, 2.05) is 4.57 Å². The lowest BCUT2D eigenvalue weighted by Crippen LogP contribution is -2.34. The molecule has 2 rings (SSSR count). The van der Waals surface area contributed by atoms with Crippen LogP contribution >= 0.6 is 0 Å². The van der Waals surface area contributed by atoms with Crippen LogP contribution in [0.4, 0.5) is 0 Å². The lowest BCUT2D eigenvalue weighted by atomic mass is 9.99. The molecule has 2 heterocycles. The minimum absolute atomic E-state index is 0.170. The highest BCUT2D eigenvalue weighted by molar-refractivity contribution is 5.30. The SMILES string of the molecule is CC(C)Cn1c(CO)cc(=O)c(O)c1CN1CCC(C)CC1. The van der Waals surface area contributed by atoms with E-state index in [1.54, 1.807) is 0 Å². The van der Waals surface area contributed by atoms with Crippen molar-refractivity contribution in [2.24, 2.45) is 11.8 Å². The Labute approximate surface area is 132 Å². The van der Waals surface area contributed by atoms with E-state index < -0.39 is 5.43 Å². The topological polar surface area (TPSA) is 65.7 Å². The van der Waals surface area contributed by atoms with Crippen LogP contribution in [0, 0.1) is 11.8 Å². The molecule has 1 aromatic rings. The number of pyridine rings is 1. The Morgan fingerprint density at radius 2 is 1.95 bits per heavy atom. The predicted molar refractivity (Wildman–Crippen MR) is 86.8 cm³/mol. The summed E-state index contributed by atoms with van der Waals surface area (Å²) in [5.41, 5.74) is 0.820. The minimum atomic E-state index is -0.399. The van der Waals surface area contributed by atoms with E-state index in [2.05, 4.69) is 25.7 Å². The van der Waals surface area contributed by atoms with E-state index in [1.165, 1.54) is 6.07 Å². The summed E-state index contributed by atoms with van der Waals surface area (Å²) in [6.07, 6.45) is 2.30. The van der Waals surface area contributed by atoms with Crippen LogP contribution in [0.1, 0.15) is 45.0 Å². The van der Waals surface area contributed by atoms with Crippen molar-refractivity contribution < 1.29 is 10.2 Å². The summed E-state index contributed by atoms with van der Waals surface area (Å²) >= 11 is 0. The zero-order valence-corrected chi connectivity index (χ0v) is 13.9. The van der Waals surface area contributed by atoms with Crippen molar-refractivity contribution in [3.05, 3.63) is 27.7 Å². The number of piperidine rings is 1. The summed E-state index contributed by atoms with van der Waals surface area (Å²) in [4.78, 5) is 14.2. The number of hydrogen-bond donors (Lipinski definition) is 2. The van der Waals surface area contributed by atoms with Crippen molar-refractivity contribution in [2.75, 3.05) is 13.1 Å². The van der Waals surface area contributed by atoms with Crippen LogP contribution in [0.25, 0.3) is 0 Å². The Bertz CT molecular complexity index is 558. The van der Waals surface area contributed by atoms with Crippen molar-refractivity contribution in [2.45, 2.75) is 53.3 Å². The molecule has 1 aromatic heterocycles. The van der Waals surface area contributed by atoms with Crippen molar-refractivity contribution in [1.82, 2.24) is 9.47 Å². The maximum absolute atomic E-state index is 12.0. The van der Waals surface area contributed by atoms with Crippen LogP contribution < -0.4 is 5.43 Å². The molecule has 1 saturated heterocycles. The summed E-state index contributed by atoms with van der Waals surface area (Å²) in [6.45, 7) is 9.46. The lowest BCUT2D eigenvalue weighted by molar-refractivity contribution is 0.176. The Morgan fingerprint density at radius 1 is 1.32 bits per heavy atom. The van der Waals surface area contributed by atoms with Gasteiger partial charge in [-0.3, -0.25) is 9.69 Å². The molecule has 0 radical (unpaired) electrons. The molecular formula is C17H28N2O3. The quantitative estimate of drug-likeness (QED) is 0.872. The second-order valence-corrected chi connectivity index (χ2v) is 6.92. The molecule has 0 atom stereocenters. The van der Waals surface area contributed by atoms with Crippen LogP contribution in [0.5, 0.6) is 5.75 Å². The number of aliphatic hydroxyl groups excluding tert-OH is 1. The van der Waals surface area contributed by atoms with Gasteiger partial charge in [0.05, 0.1) is 12.3 Å². The molecule has 1 aliphatic heterocycles. The molecule has 2 N–H and O–H groups in total. The summed E-state index contributed by atoms with van der Waals surface area (Å²) in [6, 6.07) is 1.35. The molecule has 1 aliphatic rings. The second kappa shape index (κ2) is 7.29. The number of aromatic nitrogens is 1. The molecule has 0 unspecified atom stereocenters. The van der Waals surface area contributed by atoms with Gasteiger partial charge in [-0.25, -0.2) is 0 Å². The number of aromatic hydroxyl groups is 1. The molecule has 0 aliphatic carbocycles. The Balaban J connectivity index is 2.34. The maximum Gasteiger partial charge on any atom is 0.223 e. The number of likely N-dealkylation sites (tertiary alicyclic amines) is 1. The van der Waals surface area contributed by atoms with Gasteiger partial charge in [0.25, 0.3) is 0 Å². The van der Waals surface area contributed by atoms with Crippen LogP contribution in [0.2, 0.25) is 0 Å². The van der Waals surface area contributed by atoms with E-state index in [0.717, 1.165) is 31.8 Å². The normalized spacial score (nSPS) is 17.3. The fourth-order valence-electron chi connectivity index (χ4n) is 3.06. The molecule has 5 heteroatoms. The van der Waals surface area contributed by atoms with Gasteiger partial charge in [0.2, 0.25) is 5.43 Å². The van der Waals surface area contributed by atoms with Gasteiger partial charge in [0.15, 0.2) is 5.75 Å². The number of aliphatic hydroxyl groups is 1. The zero-order chi connectivity index (χ0) is 16.3. The van der Waals surface area contributed by atoms with Crippen LogP contribution in [0.15, 0.2) is 10.9 Å². The highest BCUT2D eigenvalue weighted by Crippen LogP contribution is 2.22. The summed E-state index contributed by atoms with van der Waals surface area (Å²) < 4.78 is 1.92. The van der Waals surface area contributed by atoms with Crippen molar-refractivity contribution in [3.63, 3.8) is 0 Å². The van der Waals surface area contributed by atoms with Crippen LogP contribution in [-0.2, 0) is 19.7 Å². The van der Waals surface area contributed by atoms with Gasteiger partial charge in [-0.1, -0.05) is 20.8 Å². The molecule has 0 amide bonds. The fourth-order valence-corrected chi connectivity index (χ4v) is 3.06. The van der Waals surface area contributed by atoms with E-state index in [9.17, 15) is 15.0 Å². The predicted octanol–water partition coefficient (Wildman–Crippen LogP) is 1.93. The van der Waals surface area contributed by atoms with Gasteiger partial charge in [0, 0.05) is 24.8 Å². The zero-order valence-electron chi connectivity index (χ0n) is 13.9. The Hall–Kier alpha value is -1.33. The van der Waals surface area contributed by atoms with Crippen molar-refractivity contribution >= 4 is 0 Å². The minimum Gasteiger partial charge on any atom is -0.503 e. The average Bonchev–Trinajstić information content (AvgIpc) is 2.48. The molecule has 1 fully saturated rings. The first-order chi connectivity index (χ1) is 10.4. The molecule has 0 aromatic carbocycles. The smallest absolute Gasteiger partial charge is 0.223 e. The first kappa shape index (κ1) is 17.0. The van der Waals surface area contributed by atoms with E-state index in [4.69, 9.17) is 0 Å². The molecule has 0 spiro atoms.